The third-order valence-corrected chi connectivity index (χ3v) is 5.35. The van der Waals surface area contributed by atoms with Crippen LogP contribution >= 0.6 is 37.2 Å². The number of nitrogens with one attached hydrogen (secondary N) is 1. The Bertz CT molecular complexity index is 687. The molecule has 0 aliphatic heterocycles. The molecule has 0 aliphatic carbocycles. The molecule has 176 valence electrons. The summed E-state index contributed by atoms with van der Waals surface area (Å²) in [6.45, 7) is 17.4. The third-order valence-electron chi connectivity index (χ3n) is 5.35. The lowest BCUT2D eigenvalue weighted by atomic mass is 10.2. The first-order valence-electron chi connectivity index (χ1n) is 10.6. The second kappa shape index (κ2) is 16.7. The van der Waals surface area contributed by atoms with Crippen LogP contribution in [0.5, 0.6) is 0 Å². The van der Waals surface area contributed by atoms with E-state index in [1.54, 1.807) is 0 Å². The zero-order valence-electron chi connectivity index (χ0n) is 18.9. The molecule has 0 aliphatic rings. The number of hydrogen-bond donors (Lipinski definition) is 2. The van der Waals surface area contributed by atoms with Crippen LogP contribution in [-0.4, -0.2) is 65.4 Å². The molecule has 0 atom stereocenters. The quantitative estimate of drug-likeness (QED) is 0.318. The highest BCUT2D eigenvalue weighted by molar-refractivity contribution is 5.92. The molecular formula is C21H41Cl3N6. The summed E-state index contributed by atoms with van der Waals surface area (Å²) in [5.74, 6) is 0.958. The first kappa shape index (κ1) is 31.3. The summed E-state index contributed by atoms with van der Waals surface area (Å²) in [4.78, 5) is 4.90. The number of benzene rings is 1. The molecule has 0 amide bonds. The van der Waals surface area contributed by atoms with Gasteiger partial charge in [0.05, 0.1) is 5.52 Å². The molecular weight excluding hydrogens is 443 g/mol. The van der Waals surface area contributed by atoms with E-state index in [0.29, 0.717) is 0 Å². The zero-order valence-corrected chi connectivity index (χ0v) is 21.3. The minimum absolute atomic E-state index is 0. The van der Waals surface area contributed by atoms with Crippen molar-refractivity contribution in [3.05, 3.63) is 18.2 Å². The van der Waals surface area contributed by atoms with Gasteiger partial charge in [-0.1, -0.05) is 27.7 Å². The van der Waals surface area contributed by atoms with Crippen LogP contribution in [0.4, 0.5) is 11.5 Å². The van der Waals surface area contributed by atoms with Crippen LogP contribution in [0.3, 0.4) is 0 Å². The molecule has 9 heteroatoms. The summed E-state index contributed by atoms with van der Waals surface area (Å²) < 4.78 is 2.13. The Morgan fingerprint density at radius 3 is 2.03 bits per heavy atom. The van der Waals surface area contributed by atoms with E-state index in [0.717, 1.165) is 87.6 Å². The maximum atomic E-state index is 6.03. The molecule has 1 aromatic carbocycles. The Kier molecular flexibility index (Phi) is 17.4. The highest BCUT2D eigenvalue weighted by Gasteiger charge is 2.11. The minimum atomic E-state index is 0. The second-order valence-electron chi connectivity index (χ2n) is 7.04. The fourth-order valence-corrected chi connectivity index (χ4v) is 3.53. The van der Waals surface area contributed by atoms with E-state index in [4.69, 9.17) is 10.8 Å². The molecule has 0 saturated carbocycles. The summed E-state index contributed by atoms with van der Waals surface area (Å²) in [7, 11) is 0. The first-order chi connectivity index (χ1) is 13.1. The Morgan fingerprint density at radius 1 is 0.900 bits per heavy atom. The fraction of sp³-hybridized carbons (Fsp3) is 0.667. The van der Waals surface area contributed by atoms with Crippen molar-refractivity contribution >= 4 is 59.6 Å². The van der Waals surface area contributed by atoms with Gasteiger partial charge in [0.25, 0.3) is 0 Å². The van der Waals surface area contributed by atoms with E-state index < -0.39 is 0 Å². The molecule has 0 radical (unpaired) electrons. The van der Waals surface area contributed by atoms with Gasteiger partial charge in [0.15, 0.2) is 5.82 Å². The summed E-state index contributed by atoms with van der Waals surface area (Å²) >= 11 is 0. The van der Waals surface area contributed by atoms with Crippen molar-refractivity contribution in [2.45, 2.75) is 47.1 Å². The lowest BCUT2D eigenvalue weighted by Gasteiger charge is -2.17. The van der Waals surface area contributed by atoms with Crippen molar-refractivity contribution < 1.29 is 0 Å². The van der Waals surface area contributed by atoms with Crippen LogP contribution in [0.1, 0.15) is 40.5 Å². The summed E-state index contributed by atoms with van der Waals surface area (Å²) in [6, 6.07) is 6.10. The largest absolute Gasteiger partial charge is 0.399 e. The van der Waals surface area contributed by atoms with Crippen molar-refractivity contribution in [1.82, 2.24) is 19.6 Å². The molecule has 0 unspecified atom stereocenters. The van der Waals surface area contributed by atoms with Gasteiger partial charge in [0, 0.05) is 24.2 Å². The van der Waals surface area contributed by atoms with E-state index in [1.165, 1.54) is 0 Å². The van der Waals surface area contributed by atoms with Gasteiger partial charge in [-0.25, -0.2) is 0 Å². The van der Waals surface area contributed by atoms with Gasteiger partial charge in [-0.05, 0) is 70.3 Å². The van der Waals surface area contributed by atoms with Gasteiger partial charge in [-0.2, -0.15) is 5.10 Å². The van der Waals surface area contributed by atoms with Gasteiger partial charge in [0.2, 0.25) is 0 Å². The summed E-state index contributed by atoms with van der Waals surface area (Å²) in [6.07, 6.45) is 2.21. The predicted octanol–water partition coefficient (Wildman–Crippen LogP) is 4.76. The van der Waals surface area contributed by atoms with Gasteiger partial charge in [-0.15, -0.1) is 37.2 Å². The second-order valence-corrected chi connectivity index (χ2v) is 7.04. The van der Waals surface area contributed by atoms with E-state index in [9.17, 15) is 0 Å². The Labute approximate surface area is 201 Å². The van der Waals surface area contributed by atoms with Gasteiger partial charge in [0.1, 0.15) is 0 Å². The lowest BCUT2D eigenvalue weighted by Crippen LogP contribution is -2.25. The first-order valence-corrected chi connectivity index (χ1v) is 10.6. The molecule has 6 nitrogen and oxygen atoms in total. The zero-order chi connectivity index (χ0) is 19.6. The number of halogens is 3. The number of nitrogens with two attached hydrogens (primary N) is 1. The highest BCUT2D eigenvalue weighted by Crippen LogP contribution is 2.25. The lowest BCUT2D eigenvalue weighted by molar-refractivity contribution is 0.292. The number of rotatable bonds is 13. The molecule has 0 fully saturated rings. The number of nitrogens with zero attached hydrogens (tertiary/aromatic N) is 4. The van der Waals surface area contributed by atoms with E-state index in [2.05, 4.69) is 53.6 Å². The smallest absolute Gasteiger partial charge is 0.156 e. The van der Waals surface area contributed by atoms with Crippen LogP contribution in [0.15, 0.2) is 18.2 Å². The van der Waals surface area contributed by atoms with E-state index in [-0.39, 0.29) is 37.2 Å². The Hall–Kier alpha value is -0.920. The Morgan fingerprint density at radius 2 is 1.47 bits per heavy atom. The summed E-state index contributed by atoms with van der Waals surface area (Å²) in [5.41, 5.74) is 7.98. The van der Waals surface area contributed by atoms with Gasteiger partial charge < -0.3 is 20.9 Å². The standard InChI is InChI=1S/C21H38N6.3ClH/c1-5-25(6-2)14-9-13-23-21-19-17-18(22)11-12-20(19)27(24-21)16-10-15-26(7-3)8-4;;;/h11-12,17H,5-10,13-16,22H2,1-4H3,(H,23,24);3*1H. The number of hydrogen-bond acceptors (Lipinski definition) is 5. The van der Waals surface area contributed by atoms with Gasteiger partial charge in [-0.3, -0.25) is 4.68 Å². The van der Waals surface area contributed by atoms with Gasteiger partial charge >= 0.3 is 0 Å². The van der Waals surface area contributed by atoms with Crippen LogP contribution in [0.25, 0.3) is 10.9 Å². The van der Waals surface area contributed by atoms with Crippen molar-refractivity contribution in [2.75, 3.05) is 56.9 Å². The summed E-state index contributed by atoms with van der Waals surface area (Å²) in [5, 5.41) is 9.52. The number of fused-ring (bicyclic) bond motifs is 1. The van der Waals surface area contributed by atoms with Crippen molar-refractivity contribution in [3.8, 4) is 0 Å². The normalized spacial score (nSPS) is 10.6. The predicted molar refractivity (Wildman–Crippen MR) is 139 cm³/mol. The molecule has 2 aromatic rings. The average molecular weight is 484 g/mol. The molecule has 30 heavy (non-hydrogen) atoms. The number of aryl methyl sites for hydroxylation is 1. The molecule has 2 rings (SSSR count). The van der Waals surface area contributed by atoms with E-state index in [1.807, 2.05) is 12.1 Å². The average Bonchev–Trinajstić information content (AvgIpc) is 3.02. The molecule has 1 aromatic heterocycles. The van der Waals surface area contributed by atoms with Crippen LogP contribution in [-0.2, 0) is 6.54 Å². The minimum Gasteiger partial charge on any atom is -0.399 e. The fourth-order valence-electron chi connectivity index (χ4n) is 3.53. The van der Waals surface area contributed by atoms with Crippen molar-refractivity contribution in [2.24, 2.45) is 0 Å². The van der Waals surface area contributed by atoms with Crippen molar-refractivity contribution in [3.63, 3.8) is 0 Å². The number of aromatic nitrogens is 2. The monoisotopic (exact) mass is 482 g/mol. The maximum Gasteiger partial charge on any atom is 0.156 e. The molecule has 0 spiro atoms. The van der Waals surface area contributed by atoms with Crippen molar-refractivity contribution in [1.29, 1.82) is 0 Å². The Balaban J connectivity index is 0. The number of anilines is 2. The van der Waals surface area contributed by atoms with Crippen LogP contribution in [0, 0.1) is 0 Å². The molecule has 3 N–H and O–H groups in total. The number of nitrogen functional groups attached to an aromatic ring is 1. The molecule has 0 bridgehead atoms. The molecule has 0 saturated heterocycles. The molecule has 1 heterocycles. The van der Waals surface area contributed by atoms with Crippen LogP contribution < -0.4 is 11.1 Å². The SMILES string of the molecule is CCN(CC)CCCNc1nn(CCCN(CC)CC)c2ccc(N)cc12.Cl.Cl.Cl. The van der Waals surface area contributed by atoms with E-state index >= 15 is 0 Å². The maximum absolute atomic E-state index is 6.03. The third kappa shape index (κ3) is 9.06. The van der Waals surface area contributed by atoms with Crippen LogP contribution in [0.2, 0.25) is 0 Å². The highest BCUT2D eigenvalue weighted by atomic mass is 35.5. The topological polar surface area (TPSA) is 62.4 Å².